The van der Waals surface area contributed by atoms with Gasteiger partial charge in [0.2, 0.25) is 0 Å². The molecule has 0 aromatic carbocycles. The predicted octanol–water partition coefficient (Wildman–Crippen LogP) is 3.96. The maximum Gasteiger partial charge on any atom is 0.148 e. The van der Waals surface area contributed by atoms with Gasteiger partial charge in [0.05, 0.1) is 5.69 Å². The molecule has 20 heavy (non-hydrogen) atoms. The van der Waals surface area contributed by atoms with Gasteiger partial charge in [0.25, 0.3) is 0 Å². The van der Waals surface area contributed by atoms with Crippen molar-refractivity contribution >= 4 is 5.82 Å². The molecular weight excluding hydrogens is 250 g/mol. The summed E-state index contributed by atoms with van der Waals surface area (Å²) in [5.41, 5.74) is 1.99. The number of rotatable bonds is 6. The van der Waals surface area contributed by atoms with Crippen LogP contribution in [0.15, 0.2) is 30.5 Å². The van der Waals surface area contributed by atoms with Crippen molar-refractivity contribution in [1.29, 1.82) is 0 Å². The molecule has 4 nitrogen and oxygen atoms in total. The van der Waals surface area contributed by atoms with Crippen molar-refractivity contribution in [2.45, 2.75) is 33.6 Å². The van der Waals surface area contributed by atoms with E-state index in [0.29, 0.717) is 0 Å². The molecule has 0 aliphatic heterocycles. The lowest BCUT2D eigenvalue weighted by Crippen LogP contribution is -2.02. The van der Waals surface area contributed by atoms with Crippen LogP contribution in [0.4, 0.5) is 5.82 Å². The highest BCUT2D eigenvalue weighted by atomic mass is 16.5. The maximum absolute atomic E-state index is 5.93. The Bertz CT molecular complexity index is 569. The largest absolute Gasteiger partial charge is 0.455 e. The normalized spacial score (nSPS) is 10.3. The minimum Gasteiger partial charge on any atom is -0.455 e. The molecule has 0 aliphatic rings. The Kier molecular flexibility index (Phi) is 4.93. The van der Waals surface area contributed by atoms with E-state index in [0.717, 1.165) is 48.1 Å². The van der Waals surface area contributed by atoms with Gasteiger partial charge < -0.3 is 10.1 Å². The van der Waals surface area contributed by atoms with Crippen LogP contribution in [0.25, 0.3) is 0 Å². The van der Waals surface area contributed by atoms with E-state index < -0.39 is 0 Å². The number of hydrogen-bond donors (Lipinski definition) is 1. The van der Waals surface area contributed by atoms with Crippen molar-refractivity contribution in [1.82, 2.24) is 9.97 Å². The van der Waals surface area contributed by atoms with Gasteiger partial charge in [-0.3, -0.25) is 4.98 Å². The van der Waals surface area contributed by atoms with Crippen LogP contribution in [0.2, 0.25) is 0 Å². The van der Waals surface area contributed by atoms with Crippen molar-refractivity contribution in [3.05, 3.63) is 41.9 Å². The fraction of sp³-hybridized carbons (Fsp3) is 0.375. The lowest BCUT2D eigenvalue weighted by molar-refractivity contribution is 0.472. The minimum atomic E-state index is 0.777. The molecule has 1 N–H and O–H groups in total. The van der Waals surface area contributed by atoms with E-state index in [9.17, 15) is 0 Å². The predicted molar refractivity (Wildman–Crippen MR) is 81.4 cm³/mol. The summed E-state index contributed by atoms with van der Waals surface area (Å²) in [4.78, 5) is 8.77. The number of aryl methyl sites for hydroxylation is 2. The number of nitrogens with zero attached hydrogens (tertiary/aromatic N) is 2. The second-order valence-corrected chi connectivity index (χ2v) is 4.66. The molecule has 4 heteroatoms. The molecule has 2 rings (SSSR count). The Balaban J connectivity index is 2.17. The lowest BCUT2D eigenvalue weighted by Gasteiger charge is -2.11. The van der Waals surface area contributed by atoms with Gasteiger partial charge in [-0.05, 0) is 38.0 Å². The van der Waals surface area contributed by atoms with Gasteiger partial charge in [-0.15, -0.1) is 0 Å². The summed E-state index contributed by atoms with van der Waals surface area (Å²) < 4.78 is 5.93. The van der Waals surface area contributed by atoms with Crippen LogP contribution < -0.4 is 10.1 Å². The molecule has 0 fully saturated rings. The molecular formula is C16H21N3O. The molecule has 0 saturated heterocycles. The zero-order chi connectivity index (χ0) is 14.4. The van der Waals surface area contributed by atoms with Crippen LogP contribution in [0.3, 0.4) is 0 Å². The first kappa shape index (κ1) is 14.3. The first-order chi connectivity index (χ1) is 9.72. The number of nitrogens with one attached hydrogen (secondary N) is 1. The van der Waals surface area contributed by atoms with E-state index in [1.807, 2.05) is 31.2 Å². The average molecular weight is 271 g/mol. The topological polar surface area (TPSA) is 47.0 Å². The number of hydrogen-bond acceptors (Lipinski definition) is 4. The van der Waals surface area contributed by atoms with Crippen molar-refractivity contribution in [2.75, 3.05) is 11.9 Å². The second-order valence-electron chi connectivity index (χ2n) is 4.66. The molecule has 0 bridgehead atoms. The molecule has 0 radical (unpaired) electrons. The Hall–Kier alpha value is -2.10. The first-order valence-corrected chi connectivity index (χ1v) is 7.07. The number of aromatic nitrogens is 2. The molecule has 106 valence electrons. The number of pyridine rings is 2. The molecule has 0 amide bonds. The summed E-state index contributed by atoms with van der Waals surface area (Å²) in [6, 6.07) is 7.71. The average Bonchev–Trinajstić information content (AvgIpc) is 2.47. The van der Waals surface area contributed by atoms with Crippen molar-refractivity contribution in [3.63, 3.8) is 0 Å². The Morgan fingerprint density at radius 2 is 2.05 bits per heavy atom. The van der Waals surface area contributed by atoms with E-state index in [2.05, 4.69) is 29.1 Å². The summed E-state index contributed by atoms with van der Waals surface area (Å²) in [6.07, 6.45) is 3.66. The molecule has 2 aromatic rings. The van der Waals surface area contributed by atoms with Crippen LogP contribution in [0.1, 0.15) is 31.7 Å². The van der Waals surface area contributed by atoms with Gasteiger partial charge in [0, 0.05) is 24.5 Å². The highest BCUT2D eigenvalue weighted by molar-refractivity contribution is 5.43. The monoisotopic (exact) mass is 271 g/mol. The highest BCUT2D eigenvalue weighted by Crippen LogP contribution is 2.26. The van der Waals surface area contributed by atoms with Gasteiger partial charge in [-0.2, -0.15) is 0 Å². The SMILES string of the molecule is CCCNc1cc(Oc2ccc(C)nc2CC)ccn1. The first-order valence-electron chi connectivity index (χ1n) is 7.07. The molecule has 0 spiro atoms. The van der Waals surface area contributed by atoms with Gasteiger partial charge >= 0.3 is 0 Å². The van der Waals surface area contributed by atoms with Gasteiger partial charge in [-0.25, -0.2) is 4.98 Å². The molecule has 2 heterocycles. The minimum absolute atomic E-state index is 0.777. The molecule has 0 unspecified atom stereocenters. The van der Waals surface area contributed by atoms with Crippen molar-refractivity contribution in [3.8, 4) is 11.5 Å². The third-order valence-electron chi connectivity index (χ3n) is 2.92. The fourth-order valence-electron chi connectivity index (χ4n) is 1.90. The van der Waals surface area contributed by atoms with Gasteiger partial charge in [-0.1, -0.05) is 13.8 Å². The van der Waals surface area contributed by atoms with E-state index in [1.54, 1.807) is 6.20 Å². The van der Waals surface area contributed by atoms with E-state index in [-0.39, 0.29) is 0 Å². The highest BCUT2D eigenvalue weighted by Gasteiger charge is 2.06. The summed E-state index contributed by atoms with van der Waals surface area (Å²) in [5, 5.41) is 3.25. The van der Waals surface area contributed by atoms with Crippen LogP contribution >= 0.6 is 0 Å². The van der Waals surface area contributed by atoms with Crippen molar-refractivity contribution in [2.24, 2.45) is 0 Å². The lowest BCUT2D eigenvalue weighted by atomic mass is 10.2. The fourth-order valence-corrected chi connectivity index (χ4v) is 1.90. The third kappa shape index (κ3) is 3.70. The number of ether oxygens (including phenoxy) is 1. The maximum atomic E-state index is 5.93. The summed E-state index contributed by atoms with van der Waals surface area (Å²) in [7, 11) is 0. The summed E-state index contributed by atoms with van der Waals surface area (Å²) >= 11 is 0. The van der Waals surface area contributed by atoms with Gasteiger partial charge in [0.15, 0.2) is 0 Å². The summed E-state index contributed by atoms with van der Waals surface area (Å²) in [5.74, 6) is 2.42. The third-order valence-corrected chi connectivity index (χ3v) is 2.92. The Morgan fingerprint density at radius 3 is 2.80 bits per heavy atom. The van der Waals surface area contributed by atoms with Gasteiger partial charge in [0.1, 0.15) is 17.3 Å². The van der Waals surface area contributed by atoms with Crippen LogP contribution in [0.5, 0.6) is 11.5 Å². The van der Waals surface area contributed by atoms with E-state index >= 15 is 0 Å². The Labute approximate surface area is 120 Å². The quantitative estimate of drug-likeness (QED) is 0.863. The molecule has 0 atom stereocenters. The Morgan fingerprint density at radius 1 is 1.20 bits per heavy atom. The van der Waals surface area contributed by atoms with E-state index in [1.165, 1.54) is 0 Å². The molecule has 0 aliphatic carbocycles. The summed E-state index contributed by atoms with van der Waals surface area (Å²) in [6.45, 7) is 7.10. The van der Waals surface area contributed by atoms with Crippen LogP contribution in [-0.4, -0.2) is 16.5 Å². The molecule has 0 saturated carbocycles. The smallest absolute Gasteiger partial charge is 0.148 e. The van der Waals surface area contributed by atoms with Crippen LogP contribution in [0, 0.1) is 6.92 Å². The van der Waals surface area contributed by atoms with Crippen molar-refractivity contribution < 1.29 is 4.74 Å². The molecule has 2 aromatic heterocycles. The van der Waals surface area contributed by atoms with E-state index in [4.69, 9.17) is 4.74 Å². The zero-order valence-electron chi connectivity index (χ0n) is 12.3. The second kappa shape index (κ2) is 6.89. The zero-order valence-corrected chi connectivity index (χ0v) is 12.3. The standard InChI is InChI=1S/C16H21N3O/c1-4-9-17-16-11-13(8-10-18-16)20-15-7-6-12(3)19-14(15)5-2/h6-8,10-11H,4-5,9H2,1-3H3,(H,17,18). The van der Waals surface area contributed by atoms with Crippen LogP contribution in [-0.2, 0) is 6.42 Å². The number of anilines is 1.